The maximum atomic E-state index is 9.84. The molecule has 0 aromatic heterocycles. The summed E-state index contributed by atoms with van der Waals surface area (Å²) in [6.07, 6.45) is -0.438. The molecule has 1 unspecified atom stereocenters. The third-order valence-corrected chi connectivity index (χ3v) is 0.998. The fourth-order valence-electron chi connectivity index (χ4n) is 0.485. The van der Waals surface area contributed by atoms with Crippen LogP contribution < -0.4 is 0 Å². The van der Waals surface area contributed by atoms with Crippen LogP contribution in [0.2, 0.25) is 0 Å². The van der Waals surface area contributed by atoms with Gasteiger partial charge >= 0.3 is 0 Å². The van der Waals surface area contributed by atoms with E-state index < -0.39 is 6.29 Å². The summed E-state index contributed by atoms with van der Waals surface area (Å²) in [5, 5.41) is 0. The molecule has 3 nitrogen and oxygen atoms in total. The van der Waals surface area contributed by atoms with E-state index >= 15 is 0 Å². The third-order valence-electron chi connectivity index (χ3n) is 0.998. The van der Waals surface area contributed by atoms with Gasteiger partial charge in [0.15, 0.2) is 6.29 Å². The summed E-state index contributed by atoms with van der Waals surface area (Å²) in [6, 6.07) is 0. The lowest BCUT2D eigenvalue weighted by Gasteiger charge is -2.20. The molecule has 0 aromatic carbocycles. The van der Waals surface area contributed by atoms with Gasteiger partial charge in [-0.3, -0.25) is 4.79 Å². The Morgan fingerprint density at radius 3 is 2.36 bits per heavy atom. The smallest absolute Gasteiger partial charge is 0.295 e. The molecule has 11 heavy (non-hydrogen) atoms. The van der Waals surface area contributed by atoms with Crippen molar-refractivity contribution < 1.29 is 14.3 Å². The maximum absolute atomic E-state index is 9.84. The lowest BCUT2D eigenvalue weighted by atomic mass is 9.99. The van der Waals surface area contributed by atoms with Crippen LogP contribution in [0.25, 0.3) is 0 Å². The first-order valence-electron chi connectivity index (χ1n) is 3.66. The second-order valence-corrected chi connectivity index (χ2v) is 3.67. The number of ether oxygens (including phenoxy) is 2. The molecular weight excluding hydrogens is 144 g/mol. The Kier molecular flexibility index (Phi) is 4.11. The van der Waals surface area contributed by atoms with E-state index in [4.69, 9.17) is 4.74 Å². The standard InChI is InChI=1S/C8H16O3/c1-7(11-6-9)10-5-8(2,3)4/h6-7H,5H2,1-4H3. The monoisotopic (exact) mass is 160 g/mol. The minimum atomic E-state index is -0.438. The molecule has 0 amide bonds. The third kappa shape index (κ3) is 7.33. The highest BCUT2D eigenvalue weighted by molar-refractivity contribution is 5.37. The van der Waals surface area contributed by atoms with E-state index in [1.807, 2.05) is 0 Å². The molecule has 0 aliphatic carbocycles. The number of rotatable bonds is 4. The molecule has 0 fully saturated rings. The summed E-state index contributed by atoms with van der Waals surface area (Å²) in [4.78, 5) is 9.84. The number of hydrogen-bond acceptors (Lipinski definition) is 3. The summed E-state index contributed by atoms with van der Waals surface area (Å²) in [5.41, 5.74) is 0.112. The highest BCUT2D eigenvalue weighted by Gasteiger charge is 2.12. The van der Waals surface area contributed by atoms with Crippen LogP contribution >= 0.6 is 0 Å². The molecule has 3 heteroatoms. The summed E-state index contributed by atoms with van der Waals surface area (Å²) >= 11 is 0. The molecule has 0 aromatic rings. The molecule has 0 radical (unpaired) electrons. The zero-order valence-corrected chi connectivity index (χ0v) is 7.59. The molecule has 0 spiro atoms. The van der Waals surface area contributed by atoms with Crippen LogP contribution in [0.3, 0.4) is 0 Å². The molecule has 0 aliphatic heterocycles. The van der Waals surface area contributed by atoms with Crippen molar-refractivity contribution in [3.8, 4) is 0 Å². The van der Waals surface area contributed by atoms with E-state index in [9.17, 15) is 4.79 Å². The largest absolute Gasteiger partial charge is 0.438 e. The Morgan fingerprint density at radius 2 is 2.00 bits per heavy atom. The predicted molar refractivity (Wildman–Crippen MR) is 42.0 cm³/mol. The first-order chi connectivity index (χ1) is 4.95. The van der Waals surface area contributed by atoms with Crippen molar-refractivity contribution in [2.45, 2.75) is 34.0 Å². The number of carbonyl (C=O) groups excluding carboxylic acids is 1. The van der Waals surface area contributed by atoms with Gasteiger partial charge in [-0.1, -0.05) is 20.8 Å². The quantitative estimate of drug-likeness (QED) is 0.462. The summed E-state index contributed by atoms with van der Waals surface area (Å²) in [6.45, 7) is 8.84. The zero-order chi connectivity index (χ0) is 8.91. The Hall–Kier alpha value is -0.570. The van der Waals surface area contributed by atoms with Crippen LogP contribution in [-0.2, 0) is 14.3 Å². The molecule has 0 aliphatic rings. The molecule has 0 rings (SSSR count). The molecule has 0 saturated carbocycles. The van der Waals surface area contributed by atoms with Crippen LogP contribution in [0, 0.1) is 5.41 Å². The van der Waals surface area contributed by atoms with Crippen molar-refractivity contribution in [1.29, 1.82) is 0 Å². The molecule has 0 saturated heterocycles. The van der Waals surface area contributed by atoms with Crippen molar-refractivity contribution in [1.82, 2.24) is 0 Å². The first-order valence-corrected chi connectivity index (χ1v) is 3.66. The summed E-state index contributed by atoms with van der Waals surface area (Å²) in [5.74, 6) is 0. The van der Waals surface area contributed by atoms with Gasteiger partial charge in [-0.25, -0.2) is 0 Å². The topological polar surface area (TPSA) is 35.5 Å². The van der Waals surface area contributed by atoms with Gasteiger partial charge in [0.2, 0.25) is 0 Å². The predicted octanol–water partition coefficient (Wildman–Crippen LogP) is 1.57. The van der Waals surface area contributed by atoms with Crippen LogP contribution in [-0.4, -0.2) is 19.4 Å². The lowest BCUT2D eigenvalue weighted by Crippen LogP contribution is -2.21. The van der Waals surface area contributed by atoms with Crippen molar-refractivity contribution in [2.24, 2.45) is 5.41 Å². The molecule has 0 heterocycles. The number of carbonyl (C=O) groups is 1. The van der Waals surface area contributed by atoms with Crippen molar-refractivity contribution in [3.05, 3.63) is 0 Å². The average Bonchev–Trinajstić information content (AvgIpc) is 1.83. The van der Waals surface area contributed by atoms with Crippen molar-refractivity contribution >= 4 is 6.47 Å². The van der Waals surface area contributed by atoms with E-state index in [0.29, 0.717) is 13.1 Å². The van der Waals surface area contributed by atoms with Gasteiger partial charge in [-0.15, -0.1) is 0 Å². The van der Waals surface area contributed by atoms with E-state index in [1.165, 1.54) is 0 Å². The molecular formula is C8H16O3. The van der Waals surface area contributed by atoms with E-state index in [0.717, 1.165) is 0 Å². The Morgan fingerprint density at radius 1 is 1.45 bits per heavy atom. The molecule has 0 N–H and O–H groups in total. The SMILES string of the molecule is CC(OC=O)OCC(C)(C)C. The molecule has 0 bridgehead atoms. The first kappa shape index (κ1) is 10.4. The second-order valence-electron chi connectivity index (χ2n) is 3.67. The Bertz CT molecular complexity index is 115. The van der Waals surface area contributed by atoms with Crippen molar-refractivity contribution in [3.63, 3.8) is 0 Å². The second kappa shape index (κ2) is 4.34. The van der Waals surface area contributed by atoms with E-state index in [-0.39, 0.29) is 5.41 Å². The molecule has 66 valence electrons. The van der Waals surface area contributed by atoms with Gasteiger partial charge in [0.25, 0.3) is 6.47 Å². The minimum absolute atomic E-state index is 0.112. The van der Waals surface area contributed by atoms with Gasteiger partial charge in [0, 0.05) is 0 Å². The van der Waals surface area contributed by atoms with Gasteiger partial charge in [0.05, 0.1) is 6.61 Å². The Labute approximate surface area is 67.7 Å². The van der Waals surface area contributed by atoms with Crippen LogP contribution in [0.15, 0.2) is 0 Å². The van der Waals surface area contributed by atoms with Gasteiger partial charge in [-0.05, 0) is 12.3 Å². The van der Waals surface area contributed by atoms with Gasteiger partial charge < -0.3 is 9.47 Å². The van der Waals surface area contributed by atoms with Crippen LogP contribution in [0.4, 0.5) is 0 Å². The van der Waals surface area contributed by atoms with Crippen LogP contribution in [0.1, 0.15) is 27.7 Å². The maximum Gasteiger partial charge on any atom is 0.295 e. The zero-order valence-electron chi connectivity index (χ0n) is 7.59. The number of hydrogen-bond donors (Lipinski definition) is 0. The van der Waals surface area contributed by atoms with Crippen molar-refractivity contribution in [2.75, 3.05) is 6.61 Å². The summed E-state index contributed by atoms with van der Waals surface area (Å²) in [7, 11) is 0. The fourth-order valence-corrected chi connectivity index (χ4v) is 0.485. The van der Waals surface area contributed by atoms with Crippen LogP contribution in [0.5, 0.6) is 0 Å². The lowest BCUT2D eigenvalue weighted by molar-refractivity contribution is -0.164. The highest BCUT2D eigenvalue weighted by Crippen LogP contribution is 2.13. The Balaban J connectivity index is 3.45. The fraction of sp³-hybridized carbons (Fsp3) is 0.875. The molecule has 1 atom stereocenters. The minimum Gasteiger partial charge on any atom is -0.438 e. The summed E-state index contributed by atoms with van der Waals surface area (Å²) < 4.78 is 9.73. The van der Waals surface area contributed by atoms with Gasteiger partial charge in [-0.2, -0.15) is 0 Å². The van der Waals surface area contributed by atoms with E-state index in [2.05, 4.69) is 25.5 Å². The normalized spacial score (nSPS) is 14.2. The van der Waals surface area contributed by atoms with Gasteiger partial charge in [0.1, 0.15) is 0 Å². The van der Waals surface area contributed by atoms with E-state index in [1.54, 1.807) is 6.92 Å². The average molecular weight is 160 g/mol. The highest BCUT2D eigenvalue weighted by atomic mass is 16.7.